The first kappa shape index (κ1) is 25.0. The number of likely N-dealkylation sites (tertiary alicyclic amines) is 1. The molecule has 0 radical (unpaired) electrons. The van der Waals surface area contributed by atoms with Crippen molar-refractivity contribution in [3.8, 4) is 5.75 Å². The van der Waals surface area contributed by atoms with E-state index in [0.717, 1.165) is 25.2 Å². The van der Waals surface area contributed by atoms with E-state index in [2.05, 4.69) is 49.9 Å². The van der Waals surface area contributed by atoms with E-state index in [1.165, 1.54) is 57.3 Å². The molecular formula is C23H37NO5. The highest BCUT2D eigenvalue weighted by molar-refractivity contribution is 6.27. The first-order valence-electron chi connectivity index (χ1n) is 10.7. The molecule has 2 N–H and O–H groups in total. The van der Waals surface area contributed by atoms with Crippen LogP contribution in [-0.2, 0) is 15.0 Å². The van der Waals surface area contributed by atoms with Crippen molar-refractivity contribution in [2.75, 3.05) is 26.2 Å². The van der Waals surface area contributed by atoms with E-state index in [0.29, 0.717) is 0 Å². The first-order valence-corrected chi connectivity index (χ1v) is 10.7. The van der Waals surface area contributed by atoms with Crippen molar-refractivity contribution >= 4 is 11.9 Å². The molecule has 1 saturated heterocycles. The largest absolute Gasteiger partial charge is 0.494 e. The fraction of sp³-hybridized carbons (Fsp3) is 0.652. The number of benzene rings is 1. The van der Waals surface area contributed by atoms with Crippen LogP contribution in [0.5, 0.6) is 5.75 Å². The molecule has 0 aromatic heterocycles. The lowest BCUT2D eigenvalue weighted by Gasteiger charge is -2.23. The first-order chi connectivity index (χ1) is 13.8. The molecule has 6 nitrogen and oxygen atoms in total. The van der Waals surface area contributed by atoms with Crippen molar-refractivity contribution in [1.82, 2.24) is 4.90 Å². The second kappa shape index (κ2) is 13.2. The molecule has 0 saturated carbocycles. The van der Waals surface area contributed by atoms with E-state index < -0.39 is 11.9 Å². The van der Waals surface area contributed by atoms with Gasteiger partial charge in [0.25, 0.3) is 0 Å². The third kappa shape index (κ3) is 10.3. The zero-order chi connectivity index (χ0) is 21.7. The topological polar surface area (TPSA) is 87.1 Å². The van der Waals surface area contributed by atoms with Gasteiger partial charge in [-0.05, 0) is 74.8 Å². The second-order valence-electron chi connectivity index (χ2n) is 8.18. The molecule has 1 aromatic carbocycles. The Morgan fingerprint density at radius 1 is 0.966 bits per heavy atom. The average molecular weight is 408 g/mol. The lowest BCUT2D eigenvalue weighted by Crippen LogP contribution is -2.25. The SMILES string of the molecule is CCC(C)(C)c1ccc(OCCCCN2CCCCCC2)cc1.O=C(O)C(=O)O. The third-order valence-electron chi connectivity index (χ3n) is 5.54. The number of carboxylic acid groups (broad SMARTS) is 2. The monoisotopic (exact) mass is 407 g/mol. The van der Waals surface area contributed by atoms with Crippen molar-refractivity contribution in [3.05, 3.63) is 29.8 Å². The number of carboxylic acids is 2. The molecule has 0 aliphatic carbocycles. The van der Waals surface area contributed by atoms with Gasteiger partial charge in [0.2, 0.25) is 0 Å². The number of ether oxygens (including phenoxy) is 1. The summed E-state index contributed by atoms with van der Waals surface area (Å²) in [5.74, 6) is -2.64. The van der Waals surface area contributed by atoms with Gasteiger partial charge in [-0.2, -0.15) is 0 Å². The Hall–Kier alpha value is -2.08. The Morgan fingerprint density at radius 3 is 2.00 bits per heavy atom. The van der Waals surface area contributed by atoms with Crippen LogP contribution < -0.4 is 4.74 Å². The molecule has 1 heterocycles. The van der Waals surface area contributed by atoms with Crippen LogP contribution in [0.15, 0.2) is 24.3 Å². The molecule has 6 heteroatoms. The number of nitrogens with zero attached hydrogens (tertiary/aromatic N) is 1. The molecule has 0 bridgehead atoms. The molecule has 0 spiro atoms. The molecule has 2 rings (SSSR count). The molecule has 0 amide bonds. The van der Waals surface area contributed by atoms with Gasteiger partial charge in [0.05, 0.1) is 6.61 Å². The van der Waals surface area contributed by atoms with E-state index in [1.807, 2.05) is 0 Å². The normalized spacial score (nSPS) is 15.0. The molecule has 164 valence electrons. The van der Waals surface area contributed by atoms with Crippen molar-refractivity contribution in [2.45, 2.75) is 71.1 Å². The number of rotatable bonds is 8. The predicted molar refractivity (Wildman–Crippen MR) is 115 cm³/mol. The van der Waals surface area contributed by atoms with E-state index in [1.54, 1.807) is 0 Å². The maximum atomic E-state index is 9.10. The summed E-state index contributed by atoms with van der Waals surface area (Å²) >= 11 is 0. The van der Waals surface area contributed by atoms with Crippen molar-refractivity contribution < 1.29 is 24.5 Å². The Kier molecular flexibility index (Phi) is 11.4. The molecule has 1 aromatic rings. The van der Waals surface area contributed by atoms with E-state index in [4.69, 9.17) is 24.5 Å². The van der Waals surface area contributed by atoms with E-state index in [9.17, 15) is 0 Å². The number of hydrogen-bond acceptors (Lipinski definition) is 4. The highest BCUT2D eigenvalue weighted by atomic mass is 16.5. The predicted octanol–water partition coefficient (Wildman–Crippen LogP) is 4.56. The van der Waals surface area contributed by atoms with Crippen LogP contribution in [0.4, 0.5) is 0 Å². The van der Waals surface area contributed by atoms with Gasteiger partial charge in [-0.15, -0.1) is 0 Å². The summed E-state index contributed by atoms with van der Waals surface area (Å²) in [6.07, 6.45) is 9.17. The zero-order valence-electron chi connectivity index (χ0n) is 18.2. The number of aliphatic carboxylic acids is 2. The summed E-state index contributed by atoms with van der Waals surface area (Å²) < 4.78 is 5.90. The Balaban J connectivity index is 0.000000612. The summed E-state index contributed by atoms with van der Waals surface area (Å²) in [6.45, 7) is 11.5. The number of unbranched alkanes of at least 4 members (excludes halogenated alkanes) is 1. The minimum absolute atomic E-state index is 0.256. The quantitative estimate of drug-likeness (QED) is 0.485. The standard InChI is InChI=1S/C21H35NO.C2H2O4/c1-4-21(2,3)19-11-13-20(14-12-19)23-18-10-9-17-22-15-7-5-6-8-16-22;3-1(4)2(5)6/h11-14H,4-10,15-18H2,1-3H3;(H,3,4)(H,5,6). The van der Waals surface area contributed by atoms with Crippen LogP contribution >= 0.6 is 0 Å². The molecule has 0 unspecified atom stereocenters. The van der Waals surface area contributed by atoms with Gasteiger partial charge in [0, 0.05) is 0 Å². The fourth-order valence-electron chi connectivity index (χ4n) is 3.19. The summed E-state index contributed by atoms with van der Waals surface area (Å²) in [5, 5.41) is 14.8. The molecule has 1 fully saturated rings. The van der Waals surface area contributed by atoms with E-state index >= 15 is 0 Å². The Bertz CT molecular complexity index is 592. The summed E-state index contributed by atoms with van der Waals surface area (Å²) in [6, 6.07) is 8.69. The molecular weight excluding hydrogens is 370 g/mol. The minimum Gasteiger partial charge on any atom is -0.494 e. The molecule has 1 aliphatic heterocycles. The van der Waals surface area contributed by atoms with Gasteiger partial charge in [0.15, 0.2) is 0 Å². The minimum atomic E-state index is -1.82. The van der Waals surface area contributed by atoms with Crippen LogP contribution in [0.25, 0.3) is 0 Å². The van der Waals surface area contributed by atoms with Gasteiger partial charge in [-0.1, -0.05) is 45.7 Å². The van der Waals surface area contributed by atoms with Crippen molar-refractivity contribution in [3.63, 3.8) is 0 Å². The van der Waals surface area contributed by atoms with Crippen molar-refractivity contribution in [1.29, 1.82) is 0 Å². The van der Waals surface area contributed by atoms with Gasteiger partial charge in [-0.25, -0.2) is 9.59 Å². The van der Waals surface area contributed by atoms with Crippen LogP contribution in [0.3, 0.4) is 0 Å². The fourth-order valence-corrected chi connectivity index (χ4v) is 3.19. The third-order valence-corrected chi connectivity index (χ3v) is 5.54. The molecule has 29 heavy (non-hydrogen) atoms. The highest BCUT2D eigenvalue weighted by Crippen LogP contribution is 2.28. The van der Waals surface area contributed by atoms with Gasteiger partial charge in [-0.3, -0.25) is 0 Å². The lowest BCUT2D eigenvalue weighted by molar-refractivity contribution is -0.159. The van der Waals surface area contributed by atoms with Gasteiger partial charge in [0.1, 0.15) is 5.75 Å². The van der Waals surface area contributed by atoms with Gasteiger partial charge >= 0.3 is 11.9 Å². The van der Waals surface area contributed by atoms with Crippen LogP contribution in [0, 0.1) is 0 Å². The summed E-state index contributed by atoms with van der Waals surface area (Å²) in [5.41, 5.74) is 1.65. The molecule has 1 aliphatic rings. The summed E-state index contributed by atoms with van der Waals surface area (Å²) in [7, 11) is 0. The number of carbonyl (C=O) groups is 2. The van der Waals surface area contributed by atoms with Crippen LogP contribution in [0.2, 0.25) is 0 Å². The zero-order valence-corrected chi connectivity index (χ0v) is 18.2. The van der Waals surface area contributed by atoms with Crippen LogP contribution in [0.1, 0.15) is 71.3 Å². The van der Waals surface area contributed by atoms with E-state index in [-0.39, 0.29) is 5.41 Å². The maximum absolute atomic E-state index is 9.10. The molecule has 0 atom stereocenters. The summed E-state index contributed by atoms with van der Waals surface area (Å²) in [4.78, 5) is 20.8. The lowest BCUT2D eigenvalue weighted by atomic mass is 9.82. The Labute approximate surface area is 174 Å². The maximum Gasteiger partial charge on any atom is 0.414 e. The Morgan fingerprint density at radius 2 is 1.52 bits per heavy atom. The second-order valence-corrected chi connectivity index (χ2v) is 8.18. The van der Waals surface area contributed by atoms with Crippen molar-refractivity contribution in [2.24, 2.45) is 0 Å². The smallest absolute Gasteiger partial charge is 0.414 e. The average Bonchev–Trinajstić information content (AvgIpc) is 2.97. The van der Waals surface area contributed by atoms with Crippen LogP contribution in [-0.4, -0.2) is 53.3 Å². The highest BCUT2D eigenvalue weighted by Gasteiger charge is 2.17. The van der Waals surface area contributed by atoms with Gasteiger partial charge < -0.3 is 19.8 Å². The number of hydrogen-bond donors (Lipinski definition) is 2.